The average Bonchev–Trinajstić information content (AvgIpc) is 2.95. The van der Waals surface area contributed by atoms with E-state index in [1.807, 2.05) is 13.2 Å². The van der Waals surface area contributed by atoms with Crippen molar-refractivity contribution in [1.82, 2.24) is 9.78 Å². The van der Waals surface area contributed by atoms with E-state index in [1.54, 1.807) is 29.7 Å². The lowest BCUT2D eigenvalue weighted by Crippen LogP contribution is -2.15. The van der Waals surface area contributed by atoms with Crippen LogP contribution >= 0.6 is 11.3 Å². The molecular formula is C12H16N4O3S. The maximum atomic E-state index is 11.1. The lowest BCUT2D eigenvalue weighted by molar-refractivity contribution is -0.383. The average molecular weight is 296 g/mol. The first-order valence-electron chi connectivity index (χ1n) is 6.03. The van der Waals surface area contributed by atoms with Gasteiger partial charge in [0.15, 0.2) is 5.00 Å². The summed E-state index contributed by atoms with van der Waals surface area (Å²) < 4.78 is 1.69. The van der Waals surface area contributed by atoms with Crippen molar-refractivity contribution in [2.45, 2.75) is 19.6 Å². The molecule has 0 spiro atoms. The van der Waals surface area contributed by atoms with Crippen LogP contribution in [0.5, 0.6) is 0 Å². The first-order valence-corrected chi connectivity index (χ1v) is 6.85. The third-order valence-electron chi connectivity index (χ3n) is 2.85. The topological polar surface area (TPSA) is 84.4 Å². The third-order valence-corrected chi connectivity index (χ3v) is 4.25. The highest BCUT2D eigenvalue weighted by Gasteiger charge is 2.23. The van der Waals surface area contributed by atoms with E-state index < -0.39 is 11.0 Å². The number of anilines is 1. The van der Waals surface area contributed by atoms with Gasteiger partial charge in [-0.15, -0.1) is 11.3 Å². The minimum atomic E-state index is -0.709. The summed E-state index contributed by atoms with van der Waals surface area (Å²) >= 11 is 1.24. The lowest BCUT2D eigenvalue weighted by atomic mass is 10.3. The summed E-state index contributed by atoms with van der Waals surface area (Å²) in [6, 6.07) is 1.43. The zero-order valence-corrected chi connectivity index (χ0v) is 12.3. The molecule has 1 N–H and O–H groups in total. The highest BCUT2D eigenvalue weighted by atomic mass is 32.1. The molecule has 7 nitrogen and oxygen atoms in total. The molecule has 0 aliphatic carbocycles. The molecule has 2 rings (SSSR count). The van der Waals surface area contributed by atoms with Crippen molar-refractivity contribution < 1.29 is 10.0 Å². The van der Waals surface area contributed by atoms with Crippen LogP contribution in [0.3, 0.4) is 0 Å². The normalized spacial score (nSPS) is 12.4. The molecule has 2 aromatic rings. The van der Waals surface area contributed by atoms with Gasteiger partial charge in [-0.05, 0) is 6.92 Å². The van der Waals surface area contributed by atoms with Gasteiger partial charge in [0.2, 0.25) is 0 Å². The minimum absolute atomic E-state index is 0.0253. The minimum Gasteiger partial charge on any atom is -0.388 e. The summed E-state index contributed by atoms with van der Waals surface area (Å²) in [5, 5.41) is 25.3. The van der Waals surface area contributed by atoms with Gasteiger partial charge in [-0.1, -0.05) is 0 Å². The molecule has 20 heavy (non-hydrogen) atoms. The Morgan fingerprint density at radius 3 is 2.85 bits per heavy atom. The molecular weight excluding hydrogens is 280 g/mol. The van der Waals surface area contributed by atoms with E-state index in [0.29, 0.717) is 16.4 Å². The van der Waals surface area contributed by atoms with Gasteiger partial charge in [-0.3, -0.25) is 14.8 Å². The van der Waals surface area contributed by atoms with Crippen LogP contribution < -0.4 is 4.90 Å². The Labute approximate surface area is 120 Å². The van der Waals surface area contributed by atoms with Gasteiger partial charge in [0, 0.05) is 43.3 Å². The van der Waals surface area contributed by atoms with Crippen molar-refractivity contribution in [2.24, 2.45) is 7.05 Å². The first-order chi connectivity index (χ1) is 9.38. The summed E-state index contributed by atoms with van der Waals surface area (Å²) in [5.74, 6) is 0. The van der Waals surface area contributed by atoms with E-state index in [9.17, 15) is 15.2 Å². The van der Waals surface area contributed by atoms with E-state index in [1.165, 1.54) is 17.4 Å². The Bertz CT molecular complexity index is 620. The third kappa shape index (κ3) is 2.97. The van der Waals surface area contributed by atoms with Crippen LogP contribution in [-0.2, 0) is 13.6 Å². The molecule has 0 bridgehead atoms. The zero-order chi connectivity index (χ0) is 14.9. The molecule has 108 valence electrons. The standard InChI is InChI=1S/C12H16N4O3S/c1-8(17)11-4-10(16(18)19)12(20-11)14(2)6-9-5-13-15(3)7-9/h4-5,7-8,17H,6H2,1-3H3/t8-/m1/s1. The number of aryl methyl sites for hydroxylation is 1. The highest BCUT2D eigenvalue weighted by molar-refractivity contribution is 7.16. The quantitative estimate of drug-likeness (QED) is 0.674. The Hall–Kier alpha value is -1.93. The fraction of sp³-hybridized carbons (Fsp3) is 0.417. The molecule has 0 fully saturated rings. The molecule has 0 unspecified atom stereocenters. The highest BCUT2D eigenvalue weighted by Crippen LogP contribution is 2.40. The zero-order valence-electron chi connectivity index (χ0n) is 11.5. The monoisotopic (exact) mass is 296 g/mol. The van der Waals surface area contributed by atoms with Gasteiger partial charge < -0.3 is 10.0 Å². The molecule has 2 aromatic heterocycles. The molecule has 2 heterocycles. The second-order valence-electron chi connectivity index (χ2n) is 4.65. The van der Waals surface area contributed by atoms with Crippen molar-refractivity contribution in [1.29, 1.82) is 0 Å². The molecule has 0 amide bonds. The van der Waals surface area contributed by atoms with Crippen LogP contribution in [0.1, 0.15) is 23.5 Å². The Morgan fingerprint density at radius 2 is 2.35 bits per heavy atom. The summed E-state index contributed by atoms with van der Waals surface area (Å²) in [4.78, 5) is 13.1. The smallest absolute Gasteiger partial charge is 0.304 e. The van der Waals surface area contributed by atoms with Crippen molar-refractivity contribution >= 4 is 22.0 Å². The van der Waals surface area contributed by atoms with Crippen LogP contribution in [0.2, 0.25) is 0 Å². The fourth-order valence-corrected chi connectivity index (χ4v) is 2.92. The molecule has 1 atom stereocenters. The van der Waals surface area contributed by atoms with Crippen LogP contribution in [-0.4, -0.2) is 26.9 Å². The van der Waals surface area contributed by atoms with Crippen LogP contribution in [0.4, 0.5) is 10.7 Å². The molecule has 0 aliphatic heterocycles. The molecule has 0 radical (unpaired) electrons. The summed E-state index contributed by atoms with van der Waals surface area (Å²) in [5.41, 5.74) is 0.994. The maximum absolute atomic E-state index is 11.1. The SMILES string of the molecule is C[C@@H](O)c1cc([N+](=O)[O-])c(N(C)Cc2cnn(C)c2)s1. The van der Waals surface area contributed by atoms with Crippen LogP contribution in [0, 0.1) is 10.1 Å². The van der Waals surface area contributed by atoms with Crippen molar-refractivity contribution in [3.63, 3.8) is 0 Å². The second-order valence-corrected chi connectivity index (χ2v) is 5.71. The van der Waals surface area contributed by atoms with Gasteiger partial charge in [0.25, 0.3) is 0 Å². The van der Waals surface area contributed by atoms with Crippen LogP contribution in [0.25, 0.3) is 0 Å². The molecule has 0 aromatic carbocycles. The summed E-state index contributed by atoms with van der Waals surface area (Å²) in [6.45, 7) is 2.12. The number of aliphatic hydroxyl groups excluding tert-OH is 1. The first kappa shape index (κ1) is 14.5. The number of aliphatic hydroxyl groups is 1. The number of thiophene rings is 1. The fourth-order valence-electron chi connectivity index (χ4n) is 1.90. The van der Waals surface area contributed by atoms with E-state index in [4.69, 9.17) is 0 Å². The number of rotatable bonds is 5. The lowest BCUT2D eigenvalue weighted by Gasteiger charge is -2.15. The Kier molecular flexibility index (Phi) is 4.05. The van der Waals surface area contributed by atoms with E-state index >= 15 is 0 Å². The number of hydrogen-bond donors (Lipinski definition) is 1. The van der Waals surface area contributed by atoms with Gasteiger partial charge >= 0.3 is 5.69 Å². The number of hydrogen-bond acceptors (Lipinski definition) is 6. The van der Waals surface area contributed by atoms with Crippen molar-refractivity contribution in [2.75, 3.05) is 11.9 Å². The van der Waals surface area contributed by atoms with E-state index in [-0.39, 0.29) is 5.69 Å². The largest absolute Gasteiger partial charge is 0.388 e. The predicted octanol–water partition coefficient (Wildman–Crippen LogP) is 2.08. The van der Waals surface area contributed by atoms with Gasteiger partial charge in [-0.2, -0.15) is 5.10 Å². The van der Waals surface area contributed by atoms with Gasteiger partial charge in [0.1, 0.15) is 0 Å². The molecule has 0 aliphatic rings. The number of aromatic nitrogens is 2. The molecule has 8 heteroatoms. The Balaban J connectivity index is 2.28. The van der Waals surface area contributed by atoms with E-state index in [2.05, 4.69) is 5.10 Å². The van der Waals surface area contributed by atoms with Gasteiger partial charge in [0.05, 0.1) is 17.2 Å². The van der Waals surface area contributed by atoms with Crippen molar-refractivity contribution in [3.8, 4) is 0 Å². The summed E-state index contributed by atoms with van der Waals surface area (Å²) in [7, 11) is 3.61. The molecule has 0 saturated heterocycles. The van der Waals surface area contributed by atoms with E-state index in [0.717, 1.165) is 5.56 Å². The number of nitrogens with zero attached hydrogens (tertiary/aromatic N) is 4. The Morgan fingerprint density at radius 1 is 1.65 bits per heavy atom. The second kappa shape index (κ2) is 5.59. The van der Waals surface area contributed by atoms with Crippen molar-refractivity contribution in [3.05, 3.63) is 39.0 Å². The number of nitro groups is 1. The van der Waals surface area contributed by atoms with Crippen LogP contribution in [0.15, 0.2) is 18.5 Å². The maximum Gasteiger partial charge on any atom is 0.304 e. The van der Waals surface area contributed by atoms with Gasteiger partial charge in [-0.25, -0.2) is 0 Å². The summed E-state index contributed by atoms with van der Waals surface area (Å²) in [6.07, 6.45) is 2.89. The molecule has 0 saturated carbocycles. The predicted molar refractivity (Wildman–Crippen MR) is 76.9 cm³/mol.